The summed E-state index contributed by atoms with van der Waals surface area (Å²) in [7, 11) is 0. The molecule has 3 aromatic rings. The van der Waals surface area contributed by atoms with Crippen molar-refractivity contribution < 1.29 is 4.39 Å². The third kappa shape index (κ3) is 3.84. The average Bonchev–Trinajstić information content (AvgIpc) is 3.25. The number of nitrogens with two attached hydrogens (primary N) is 1. The summed E-state index contributed by atoms with van der Waals surface area (Å²) in [5.41, 5.74) is 11.6. The van der Waals surface area contributed by atoms with Crippen LogP contribution in [0.2, 0.25) is 0 Å². The maximum absolute atomic E-state index is 14.2. The molecule has 3 heterocycles. The molecule has 0 bridgehead atoms. The number of nitriles is 1. The predicted octanol–water partition coefficient (Wildman–Crippen LogP) is 3.49. The Kier molecular flexibility index (Phi) is 5.35. The second kappa shape index (κ2) is 8.32. The Morgan fingerprint density at radius 1 is 1.22 bits per heavy atom. The molecular weight excluding hydrogens is 405 g/mol. The van der Waals surface area contributed by atoms with Crippen LogP contribution in [0.25, 0.3) is 11.0 Å². The van der Waals surface area contributed by atoms with Crippen LogP contribution in [0.1, 0.15) is 47.2 Å². The molecule has 8 heteroatoms. The third-order valence-corrected chi connectivity index (χ3v) is 6.67. The lowest BCUT2D eigenvalue weighted by Crippen LogP contribution is -2.39. The van der Waals surface area contributed by atoms with E-state index in [2.05, 4.69) is 27.1 Å². The number of aryl methyl sites for hydroxylation is 2. The number of piperidine rings is 1. The SMILES string of the molecule is Cc1c2c(nc3nc(NC4CCN(Cc5ccc(C#N)cc5F)CC4)nc(N)c13)CCC2. The van der Waals surface area contributed by atoms with E-state index < -0.39 is 0 Å². The molecule has 0 amide bonds. The van der Waals surface area contributed by atoms with Gasteiger partial charge in [-0.05, 0) is 62.3 Å². The second-order valence-electron chi connectivity index (χ2n) is 8.76. The Hall–Kier alpha value is -3.31. The van der Waals surface area contributed by atoms with Gasteiger partial charge in [0.2, 0.25) is 5.95 Å². The number of nitrogens with zero attached hydrogens (tertiary/aromatic N) is 5. The summed E-state index contributed by atoms with van der Waals surface area (Å²) in [6, 6.07) is 6.87. The normalized spacial score (nSPS) is 16.8. The molecule has 164 valence electrons. The van der Waals surface area contributed by atoms with E-state index >= 15 is 0 Å². The highest BCUT2D eigenvalue weighted by molar-refractivity contribution is 5.90. The highest BCUT2D eigenvalue weighted by atomic mass is 19.1. The molecular formula is C24H26FN7. The van der Waals surface area contributed by atoms with Crippen molar-refractivity contribution in [2.75, 3.05) is 24.1 Å². The third-order valence-electron chi connectivity index (χ3n) is 6.67. The fourth-order valence-corrected chi connectivity index (χ4v) is 4.91. The summed E-state index contributed by atoms with van der Waals surface area (Å²) < 4.78 is 14.2. The quantitative estimate of drug-likeness (QED) is 0.652. The Balaban J connectivity index is 1.25. The molecule has 1 aliphatic heterocycles. The number of aromatic nitrogens is 3. The number of benzene rings is 1. The zero-order valence-electron chi connectivity index (χ0n) is 18.2. The van der Waals surface area contributed by atoms with E-state index in [1.165, 1.54) is 11.6 Å². The lowest BCUT2D eigenvalue weighted by molar-refractivity contribution is 0.208. The summed E-state index contributed by atoms with van der Waals surface area (Å²) in [6.45, 7) is 4.31. The Morgan fingerprint density at radius 2 is 2.03 bits per heavy atom. The van der Waals surface area contributed by atoms with Crippen molar-refractivity contribution in [2.24, 2.45) is 0 Å². The van der Waals surface area contributed by atoms with Gasteiger partial charge < -0.3 is 11.1 Å². The topological polar surface area (TPSA) is 104 Å². The van der Waals surface area contributed by atoms with E-state index in [1.807, 2.05) is 6.07 Å². The smallest absolute Gasteiger partial charge is 0.226 e. The van der Waals surface area contributed by atoms with Crippen molar-refractivity contribution in [3.8, 4) is 6.07 Å². The molecule has 1 saturated heterocycles. The predicted molar refractivity (Wildman–Crippen MR) is 122 cm³/mol. The second-order valence-corrected chi connectivity index (χ2v) is 8.76. The average molecular weight is 432 g/mol. The van der Waals surface area contributed by atoms with E-state index in [1.54, 1.807) is 12.1 Å². The number of nitrogens with one attached hydrogen (secondary N) is 1. The van der Waals surface area contributed by atoms with Gasteiger partial charge >= 0.3 is 0 Å². The highest BCUT2D eigenvalue weighted by Crippen LogP contribution is 2.31. The zero-order chi connectivity index (χ0) is 22.2. The molecule has 2 aromatic heterocycles. The standard InChI is InChI=1S/C24H26FN7/c1-14-18-3-2-4-20(18)29-23-21(14)22(27)30-24(31-23)28-17-7-9-32(10-8-17)13-16-6-5-15(12-26)11-19(16)25/h5-6,11,17H,2-4,7-10,13H2,1H3,(H3,27,28,29,30,31). The fraction of sp³-hybridized carbons (Fsp3) is 0.417. The van der Waals surface area contributed by atoms with Gasteiger partial charge in [0.1, 0.15) is 11.6 Å². The maximum atomic E-state index is 14.2. The van der Waals surface area contributed by atoms with Crippen molar-refractivity contribution in [3.05, 3.63) is 52.0 Å². The number of nitrogen functional groups attached to an aromatic ring is 1. The summed E-state index contributed by atoms with van der Waals surface area (Å²) in [4.78, 5) is 16.2. The first-order valence-electron chi connectivity index (χ1n) is 11.1. The van der Waals surface area contributed by atoms with Gasteiger partial charge in [-0.2, -0.15) is 15.2 Å². The largest absolute Gasteiger partial charge is 0.383 e. The summed E-state index contributed by atoms with van der Waals surface area (Å²) in [5.74, 6) is 0.681. The van der Waals surface area contributed by atoms with Crippen LogP contribution in [-0.2, 0) is 19.4 Å². The molecule has 3 N–H and O–H groups in total. The monoisotopic (exact) mass is 431 g/mol. The van der Waals surface area contributed by atoms with Gasteiger partial charge in [-0.25, -0.2) is 9.37 Å². The maximum Gasteiger partial charge on any atom is 0.226 e. The number of hydrogen-bond donors (Lipinski definition) is 2. The van der Waals surface area contributed by atoms with Gasteiger partial charge in [-0.1, -0.05) is 6.07 Å². The first kappa shape index (κ1) is 20.6. The number of halogens is 1. The lowest BCUT2D eigenvalue weighted by Gasteiger charge is -2.32. The van der Waals surface area contributed by atoms with E-state index in [9.17, 15) is 4.39 Å². The Morgan fingerprint density at radius 3 is 2.78 bits per heavy atom. The van der Waals surface area contributed by atoms with E-state index in [0.717, 1.165) is 61.8 Å². The lowest BCUT2D eigenvalue weighted by atomic mass is 10.0. The van der Waals surface area contributed by atoms with Crippen molar-refractivity contribution in [3.63, 3.8) is 0 Å². The fourth-order valence-electron chi connectivity index (χ4n) is 4.91. The molecule has 32 heavy (non-hydrogen) atoms. The van der Waals surface area contributed by atoms with Crippen LogP contribution < -0.4 is 11.1 Å². The Bertz CT molecular complexity index is 1230. The first-order chi connectivity index (χ1) is 15.5. The van der Waals surface area contributed by atoms with Crippen LogP contribution in [0, 0.1) is 24.1 Å². The van der Waals surface area contributed by atoms with Crippen molar-refractivity contribution in [1.82, 2.24) is 19.9 Å². The van der Waals surface area contributed by atoms with Crippen LogP contribution in [0.4, 0.5) is 16.2 Å². The summed E-state index contributed by atoms with van der Waals surface area (Å²) in [5, 5.41) is 13.2. The number of likely N-dealkylation sites (tertiary alicyclic amines) is 1. The molecule has 0 spiro atoms. The molecule has 1 fully saturated rings. The van der Waals surface area contributed by atoms with Gasteiger partial charge in [-0.15, -0.1) is 0 Å². The van der Waals surface area contributed by atoms with Gasteiger partial charge in [-0.3, -0.25) is 4.90 Å². The van der Waals surface area contributed by atoms with Gasteiger partial charge in [0.25, 0.3) is 0 Å². The molecule has 2 aliphatic rings. The molecule has 1 aliphatic carbocycles. The molecule has 0 radical (unpaired) electrons. The zero-order valence-corrected chi connectivity index (χ0v) is 18.2. The number of pyridine rings is 1. The van der Waals surface area contributed by atoms with Crippen LogP contribution in [0.15, 0.2) is 18.2 Å². The molecule has 7 nitrogen and oxygen atoms in total. The first-order valence-corrected chi connectivity index (χ1v) is 11.1. The summed E-state index contributed by atoms with van der Waals surface area (Å²) >= 11 is 0. The van der Waals surface area contributed by atoms with Crippen LogP contribution >= 0.6 is 0 Å². The number of fused-ring (bicyclic) bond motifs is 2. The van der Waals surface area contributed by atoms with Gasteiger partial charge in [0.05, 0.1) is 17.0 Å². The van der Waals surface area contributed by atoms with E-state index in [4.69, 9.17) is 16.0 Å². The van der Waals surface area contributed by atoms with E-state index in [0.29, 0.717) is 35.1 Å². The van der Waals surface area contributed by atoms with Crippen LogP contribution in [-0.4, -0.2) is 39.0 Å². The minimum Gasteiger partial charge on any atom is -0.383 e. The number of anilines is 2. The summed E-state index contributed by atoms with van der Waals surface area (Å²) in [6.07, 6.45) is 4.97. The molecule has 1 aromatic carbocycles. The molecule has 0 unspecified atom stereocenters. The highest BCUT2D eigenvalue weighted by Gasteiger charge is 2.23. The van der Waals surface area contributed by atoms with E-state index in [-0.39, 0.29) is 11.9 Å². The molecule has 0 saturated carbocycles. The van der Waals surface area contributed by atoms with Crippen molar-refractivity contribution >= 4 is 22.8 Å². The van der Waals surface area contributed by atoms with Gasteiger partial charge in [0.15, 0.2) is 5.65 Å². The van der Waals surface area contributed by atoms with Crippen molar-refractivity contribution in [1.29, 1.82) is 5.26 Å². The number of hydrogen-bond acceptors (Lipinski definition) is 7. The minimum absolute atomic E-state index is 0.226. The van der Waals surface area contributed by atoms with Crippen molar-refractivity contribution in [2.45, 2.75) is 51.6 Å². The molecule has 0 atom stereocenters. The van der Waals surface area contributed by atoms with Crippen LogP contribution in [0.3, 0.4) is 0 Å². The van der Waals surface area contributed by atoms with Crippen LogP contribution in [0.5, 0.6) is 0 Å². The Labute approximate surface area is 186 Å². The van der Waals surface area contributed by atoms with Gasteiger partial charge in [0, 0.05) is 36.9 Å². The molecule has 5 rings (SSSR count). The minimum atomic E-state index is -0.321. The number of rotatable bonds is 4.